The summed E-state index contributed by atoms with van der Waals surface area (Å²) in [6.07, 6.45) is 3.32. The Morgan fingerprint density at radius 3 is 2.85 bits per heavy atom. The summed E-state index contributed by atoms with van der Waals surface area (Å²) in [4.78, 5) is 16.6. The van der Waals surface area contributed by atoms with Gasteiger partial charge in [0.15, 0.2) is 6.61 Å². The third-order valence-corrected chi connectivity index (χ3v) is 7.01. The van der Waals surface area contributed by atoms with Gasteiger partial charge in [-0.2, -0.15) is 0 Å². The highest BCUT2D eigenvalue weighted by Gasteiger charge is 2.18. The molecular formula is C25H31Cl2N3O3S. The van der Waals surface area contributed by atoms with E-state index in [0.29, 0.717) is 18.0 Å². The van der Waals surface area contributed by atoms with Crippen LogP contribution in [-0.4, -0.2) is 56.7 Å². The second kappa shape index (κ2) is 12.5. The van der Waals surface area contributed by atoms with Crippen LogP contribution in [0.25, 0.3) is 10.1 Å². The van der Waals surface area contributed by atoms with Crippen LogP contribution in [0.2, 0.25) is 0 Å². The second-order valence-electron chi connectivity index (χ2n) is 8.34. The third-order valence-electron chi connectivity index (χ3n) is 6.12. The molecule has 34 heavy (non-hydrogen) atoms. The van der Waals surface area contributed by atoms with Crippen LogP contribution in [0.1, 0.15) is 19.3 Å². The van der Waals surface area contributed by atoms with E-state index < -0.39 is 0 Å². The molecular weight excluding hydrogens is 493 g/mol. The first-order valence-corrected chi connectivity index (χ1v) is 12.3. The maximum Gasteiger partial charge on any atom is 0.262 e. The number of rotatable bonds is 7. The van der Waals surface area contributed by atoms with Gasteiger partial charge >= 0.3 is 0 Å². The van der Waals surface area contributed by atoms with Gasteiger partial charge < -0.3 is 24.6 Å². The fourth-order valence-electron chi connectivity index (χ4n) is 4.47. The van der Waals surface area contributed by atoms with Crippen molar-refractivity contribution in [1.29, 1.82) is 0 Å². The molecule has 2 aliphatic heterocycles. The van der Waals surface area contributed by atoms with Gasteiger partial charge in [0, 0.05) is 41.5 Å². The maximum absolute atomic E-state index is 11.5. The zero-order chi connectivity index (χ0) is 21.8. The molecule has 6 nitrogen and oxygen atoms in total. The molecule has 0 unspecified atom stereocenters. The number of benzene rings is 2. The molecule has 0 aliphatic carbocycles. The highest BCUT2D eigenvalue weighted by atomic mass is 35.5. The van der Waals surface area contributed by atoms with Crippen molar-refractivity contribution in [3.63, 3.8) is 0 Å². The van der Waals surface area contributed by atoms with Crippen LogP contribution in [0.15, 0.2) is 47.8 Å². The fourth-order valence-corrected chi connectivity index (χ4v) is 5.28. The molecule has 3 heterocycles. The minimum absolute atomic E-state index is 0. The summed E-state index contributed by atoms with van der Waals surface area (Å²) in [6.45, 7) is 6.31. The van der Waals surface area contributed by atoms with Gasteiger partial charge in [-0.05, 0) is 68.1 Å². The zero-order valence-corrected chi connectivity index (χ0v) is 21.5. The van der Waals surface area contributed by atoms with Crippen LogP contribution in [0.5, 0.6) is 11.5 Å². The number of hydrogen-bond donors (Lipinski definition) is 1. The largest absolute Gasteiger partial charge is 0.494 e. The Morgan fingerprint density at radius 2 is 1.94 bits per heavy atom. The maximum atomic E-state index is 11.5. The van der Waals surface area contributed by atoms with Crippen molar-refractivity contribution in [1.82, 2.24) is 4.90 Å². The molecule has 1 aromatic heterocycles. The normalized spacial score (nSPS) is 15.9. The topological polar surface area (TPSA) is 54.0 Å². The Hall–Kier alpha value is -2.19. The van der Waals surface area contributed by atoms with E-state index in [0.717, 1.165) is 51.3 Å². The highest BCUT2D eigenvalue weighted by Crippen LogP contribution is 2.32. The number of hydrogen-bond acceptors (Lipinski definition) is 6. The van der Waals surface area contributed by atoms with Gasteiger partial charge in [0.05, 0.1) is 12.3 Å². The fraction of sp³-hybridized carbons (Fsp3) is 0.400. The molecule has 0 spiro atoms. The Kier molecular flexibility index (Phi) is 9.71. The number of unbranched alkanes of at least 4 members (excludes halogenated alkanes) is 1. The monoisotopic (exact) mass is 523 g/mol. The van der Waals surface area contributed by atoms with E-state index in [1.807, 2.05) is 29.5 Å². The van der Waals surface area contributed by atoms with E-state index in [-0.39, 0.29) is 37.3 Å². The summed E-state index contributed by atoms with van der Waals surface area (Å²) in [5.74, 6) is 1.34. The van der Waals surface area contributed by atoms with Crippen molar-refractivity contribution < 1.29 is 14.3 Å². The van der Waals surface area contributed by atoms with E-state index in [2.05, 4.69) is 44.8 Å². The average molecular weight is 525 g/mol. The Balaban J connectivity index is 0.00000162. The number of carbonyl (C=O) groups is 1. The summed E-state index contributed by atoms with van der Waals surface area (Å²) in [5.41, 5.74) is 2.07. The summed E-state index contributed by atoms with van der Waals surface area (Å²) < 4.78 is 12.7. The van der Waals surface area contributed by atoms with Crippen molar-refractivity contribution in [3.8, 4) is 11.5 Å². The Labute approximate surface area is 217 Å². The van der Waals surface area contributed by atoms with E-state index in [1.54, 1.807) is 0 Å². The van der Waals surface area contributed by atoms with Gasteiger partial charge in [-0.1, -0.05) is 6.07 Å². The predicted molar refractivity (Wildman–Crippen MR) is 145 cm³/mol. The van der Waals surface area contributed by atoms with Gasteiger partial charge in [0.1, 0.15) is 11.5 Å². The number of ether oxygens (including phenoxy) is 2. The molecule has 2 aliphatic rings. The number of thiophene rings is 1. The predicted octanol–water partition coefficient (Wildman–Crippen LogP) is 5.45. The molecule has 1 N–H and O–H groups in total. The standard InChI is InChI=1S/C25H29N3O3S.2ClH/c29-25-18-31-23-8-7-19(17-21(23)26-25)30-15-2-1-10-27-11-4-12-28(14-13-27)22-5-3-6-24-20(22)9-16-32-24;;/h3,5-9,16-17H,1-2,4,10-15,18H2,(H,26,29);2*1H. The Bertz CT molecular complexity index is 1090. The molecule has 1 saturated heterocycles. The molecule has 1 amide bonds. The first-order valence-electron chi connectivity index (χ1n) is 11.4. The van der Waals surface area contributed by atoms with Crippen molar-refractivity contribution in [3.05, 3.63) is 47.8 Å². The SMILES string of the molecule is Cl.Cl.O=C1COc2ccc(OCCCCN3CCCN(c4cccc5sccc45)CC3)cc2N1. The lowest BCUT2D eigenvalue weighted by Crippen LogP contribution is -2.31. The first-order chi connectivity index (χ1) is 15.8. The van der Waals surface area contributed by atoms with Crippen molar-refractivity contribution in [2.75, 3.05) is 56.2 Å². The highest BCUT2D eigenvalue weighted by molar-refractivity contribution is 7.17. The van der Waals surface area contributed by atoms with Gasteiger partial charge in [-0.15, -0.1) is 36.2 Å². The number of halogens is 2. The van der Waals surface area contributed by atoms with Crippen LogP contribution in [0.4, 0.5) is 11.4 Å². The van der Waals surface area contributed by atoms with Crippen LogP contribution in [-0.2, 0) is 4.79 Å². The van der Waals surface area contributed by atoms with Gasteiger partial charge in [0.2, 0.25) is 0 Å². The number of amides is 1. The number of nitrogens with zero attached hydrogens (tertiary/aromatic N) is 2. The average Bonchev–Trinajstić information content (AvgIpc) is 3.17. The summed E-state index contributed by atoms with van der Waals surface area (Å²) in [6, 6.07) is 14.5. The van der Waals surface area contributed by atoms with Crippen LogP contribution < -0.4 is 19.7 Å². The minimum atomic E-state index is -0.127. The zero-order valence-electron chi connectivity index (χ0n) is 19.0. The van der Waals surface area contributed by atoms with Gasteiger partial charge in [-0.3, -0.25) is 4.79 Å². The third kappa shape index (κ3) is 6.27. The van der Waals surface area contributed by atoms with Crippen molar-refractivity contribution >= 4 is 63.5 Å². The van der Waals surface area contributed by atoms with Crippen LogP contribution in [0, 0.1) is 0 Å². The molecule has 0 saturated carbocycles. The first kappa shape index (κ1) is 26.4. The van der Waals surface area contributed by atoms with Crippen molar-refractivity contribution in [2.45, 2.75) is 19.3 Å². The number of nitrogens with one attached hydrogen (secondary N) is 1. The minimum Gasteiger partial charge on any atom is -0.494 e. The lowest BCUT2D eigenvalue weighted by Gasteiger charge is -2.24. The lowest BCUT2D eigenvalue weighted by molar-refractivity contribution is -0.118. The second-order valence-corrected chi connectivity index (χ2v) is 9.29. The molecule has 0 bridgehead atoms. The van der Waals surface area contributed by atoms with E-state index in [9.17, 15) is 4.79 Å². The Morgan fingerprint density at radius 1 is 1.03 bits per heavy atom. The molecule has 2 aromatic carbocycles. The molecule has 0 atom stereocenters. The molecule has 5 rings (SSSR count). The molecule has 3 aromatic rings. The van der Waals surface area contributed by atoms with E-state index >= 15 is 0 Å². The molecule has 0 radical (unpaired) electrons. The molecule has 184 valence electrons. The van der Waals surface area contributed by atoms with E-state index in [4.69, 9.17) is 9.47 Å². The summed E-state index contributed by atoms with van der Waals surface area (Å²) in [5, 5.41) is 6.39. The molecule has 1 fully saturated rings. The lowest BCUT2D eigenvalue weighted by atomic mass is 10.2. The smallest absolute Gasteiger partial charge is 0.262 e. The number of fused-ring (bicyclic) bond motifs is 2. The van der Waals surface area contributed by atoms with Crippen LogP contribution in [0.3, 0.4) is 0 Å². The van der Waals surface area contributed by atoms with Crippen molar-refractivity contribution in [2.24, 2.45) is 0 Å². The van der Waals surface area contributed by atoms with Crippen LogP contribution >= 0.6 is 36.2 Å². The summed E-state index contributed by atoms with van der Waals surface area (Å²) in [7, 11) is 0. The molecule has 9 heteroatoms. The van der Waals surface area contributed by atoms with Gasteiger partial charge in [-0.25, -0.2) is 0 Å². The van der Waals surface area contributed by atoms with Gasteiger partial charge in [0.25, 0.3) is 5.91 Å². The quantitative estimate of drug-likeness (QED) is 0.417. The number of anilines is 2. The van der Waals surface area contributed by atoms with E-state index in [1.165, 1.54) is 22.2 Å². The summed E-state index contributed by atoms with van der Waals surface area (Å²) >= 11 is 1.82. The number of carbonyl (C=O) groups excluding carboxylic acids is 1.